The first kappa shape index (κ1) is 15.7. The maximum atomic E-state index is 10.5. The molecule has 0 radical (unpaired) electrons. The van der Waals surface area contributed by atoms with Crippen LogP contribution in [0.3, 0.4) is 0 Å². The molecule has 0 bridgehead atoms. The lowest BCUT2D eigenvalue weighted by Crippen LogP contribution is -2.05. The zero-order valence-electron chi connectivity index (χ0n) is 10.8. The minimum atomic E-state index is -3.84. The zero-order valence-corrected chi connectivity index (χ0v) is 13.3. The van der Waals surface area contributed by atoms with Crippen molar-refractivity contribution in [3.63, 3.8) is 0 Å². The molecule has 0 spiro atoms. The maximum Gasteiger partial charge on any atom is 0.264 e. The summed E-state index contributed by atoms with van der Waals surface area (Å²) >= 11 is 3.40. The van der Waals surface area contributed by atoms with Crippen molar-refractivity contribution in [3.8, 4) is 9.75 Å². The normalized spacial score (nSPS) is 11.8. The van der Waals surface area contributed by atoms with Crippen LogP contribution in [0.1, 0.15) is 18.4 Å². The lowest BCUT2D eigenvalue weighted by Gasteiger charge is -2.04. The van der Waals surface area contributed by atoms with Crippen molar-refractivity contribution in [1.29, 1.82) is 0 Å². The summed E-state index contributed by atoms with van der Waals surface area (Å²) in [5.74, 6) is -0.199. The van der Waals surface area contributed by atoms with Crippen LogP contribution in [0.4, 0.5) is 0 Å². The van der Waals surface area contributed by atoms with Gasteiger partial charge in [-0.3, -0.25) is 4.55 Å². The molecule has 1 N–H and O–H groups in total. The third kappa shape index (κ3) is 4.99. The molecule has 110 valence electrons. The Bertz CT molecular complexity index is 614. The predicted octanol–water partition coefficient (Wildman–Crippen LogP) is 3.66. The van der Waals surface area contributed by atoms with E-state index in [1.807, 2.05) is 11.4 Å². The van der Waals surface area contributed by atoms with E-state index in [9.17, 15) is 8.42 Å². The summed E-state index contributed by atoms with van der Waals surface area (Å²) in [4.78, 5) is 2.47. The van der Waals surface area contributed by atoms with Gasteiger partial charge in [-0.25, -0.2) is 0 Å². The van der Waals surface area contributed by atoms with Crippen LogP contribution in [-0.4, -0.2) is 25.3 Å². The summed E-state index contributed by atoms with van der Waals surface area (Å²) in [5, 5.41) is 4.10. The fourth-order valence-corrected chi connectivity index (χ4v) is 4.13. The molecule has 0 aliphatic heterocycles. The molecule has 2 heterocycles. The monoisotopic (exact) mass is 332 g/mol. The largest absolute Gasteiger partial charge is 0.377 e. The van der Waals surface area contributed by atoms with Gasteiger partial charge in [0.25, 0.3) is 10.1 Å². The minimum absolute atomic E-state index is 0.199. The highest BCUT2D eigenvalue weighted by molar-refractivity contribution is 7.85. The van der Waals surface area contributed by atoms with Gasteiger partial charge in [0.2, 0.25) is 0 Å². The van der Waals surface area contributed by atoms with Gasteiger partial charge in [0.05, 0.1) is 12.4 Å². The lowest BCUT2D eigenvalue weighted by molar-refractivity contribution is 0.118. The maximum absolute atomic E-state index is 10.5. The van der Waals surface area contributed by atoms with E-state index in [-0.39, 0.29) is 5.75 Å². The van der Waals surface area contributed by atoms with Gasteiger partial charge in [0.15, 0.2) is 0 Å². The Morgan fingerprint density at radius 2 is 2.00 bits per heavy atom. The van der Waals surface area contributed by atoms with E-state index < -0.39 is 10.1 Å². The minimum Gasteiger partial charge on any atom is -0.377 e. The van der Waals surface area contributed by atoms with E-state index in [1.165, 1.54) is 9.75 Å². The van der Waals surface area contributed by atoms with Gasteiger partial charge in [0, 0.05) is 16.4 Å². The average molecular weight is 332 g/mol. The Labute approximate surface area is 126 Å². The SMILES string of the molecule is O=S(=O)(O)CCCCOCc1ccsc1-c1cccs1. The van der Waals surface area contributed by atoms with Gasteiger partial charge in [0.1, 0.15) is 0 Å². The molecule has 2 aromatic heterocycles. The Balaban J connectivity index is 1.74. The zero-order chi connectivity index (χ0) is 14.4. The third-order valence-corrected chi connectivity index (χ3v) is 5.50. The van der Waals surface area contributed by atoms with E-state index >= 15 is 0 Å². The van der Waals surface area contributed by atoms with Gasteiger partial charge in [-0.15, -0.1) is 22.7 Å². The van der Waals surface area contributed by atoms with E-state index in [4.69, 9.17) is 9.29 Å². The molecule has 20 heavy (non-hydrogen) atoms. The molecule has 2 aromatic rings. The molecule has 0 amide bonds. The number of hydrogen-bond acceptors (Lipinski definition) is 5. The molecule has 0 aliphatic rings. The highest BCUT2D eigenvalue weighted by Gasteiger charge is 2.08. The molecule has 0 aromatic carbocycles. The summed E-state index contributed by atoms with van der Waals surface area (Å²) < 4.78 is 35.3. The molecule has 2 rings (SSSR count). The smallest absolute Gasteiger partial charge is 0.264 e. The first-order valence-electron chi connectivity index (χ1n) is 6.19. The molecule has 0 aliphatic carbocycles. The topological polar surface area (TPSA) is 63.6 Å². The van der Waals surface area contributed by atoms with Crippen LogP contribution in [0.15, 0.2) is 29.0 Å². The number of unbranched alkanes of at least 4 members (excludes halogenated alkanes) is 1. The molecule has 0 atom stereocenters. The van der Waals surface area contributed by atoms with E-state index in [1.54, 1.807) is 22.7 Å². The van der Waals surface area contributed by atoms with Crippen LogP contribution in [0, 0.1) is 0 Å². The van der Waals surface area contributed by atoms with E-state index in [0.717, 1.165) is 5.56 Å². The molecule has 0 fully saturated rings. The summed E-state index contributed by atoms with van der Waals surface area (Å²) in [7, 11) is -3.84. The molecule has 7 heteroatoms. The predicted molar refractivity (Wildman–Crippen MR) is 82.9 cm³/mol. The van der Waals surface area contributed by atoms with Crippen LogP contribution in [0.5, 0.6) is 0 Å². The van der Waals surface area contributed by atoms with Gasteiger partial charge in [-0.2, -0.15) is 8.42 Å². The molecular formula is C13H16O4S3. The van der Waals surface area contributed by atoms with E-state index in [0.29, 0.717) is 26.1 Å². The third-order valence-electron chi connectivity index (χ3n) is 2.69. The second kappa shape index (κ2) is 7.33. The summed E-state index contributed by atoms with van der Waals surface area (Å²) in [6.45, 7) is 1.03. The van der Waals surface area contributed by atoms with Crippen LogP contribution in [-0.2, 0) is 21.5 Å². The van der Waals surface area contributed by atoms with Crippen molar-refractivity contribution in [2.75, 3.05) is 12.4 Å². The number of thiophene rings is 2. The van der Waals surface area contributed by atoms with Gasteiger partial charge < -0.3 is 4.74 Å². The van der Waals surface area contributed by atoms with Crippen molar-refractivity contribution in [3.05, 3.63) is 34.5 Å². The number of hydrogen-bond donors (Lipinski definition) is 1. The fraction of sp³-hybridized carbons (Fsp3) is 0.385. The lowest BCUT2D eigenvalue weighted by atomic mass is 10.2. The number of rotatable bonds is 8. The molecule has 0 saturated carbocycles. The summed E-state index contributed by atoms with van der Waals surface area (Å²) in [6, 6.07) is 6.17. The second-order valence-corrected chi connectivity index (χ2v) is 7.73. The Morgan fingerprint density at radius 1 is 1.15 bits per heavy atom. The first-order valence-corrected chi connectivity index (χ1v) is 9.56. The first-order chi connectivity index (χ1) is 9.56. The quantitative estimate of drug-likeness (QED) is 0.592. The second-order valence-electron chi connectivity index (χ2n) is 4.30. The molecule has 0 saturated heterocycles. The van der Waals surface area contributed by atoms with Gasteiger partial charge >= 0.3 is 0 Å². The molecule has 4 nitrogen and oxygen atoms in total. The summed E-state index contributed by atoms with van der Waals surface area (Å²) in [5.41, 5.74) is 1.16. The van der Waals surface area contributed by atoms with Crippen molar-refractivity contribution in [2.24, 2.45) is 0 Å². The molecule has 0 unspecified atom stereocenters. The number of ether oxygens (including phenoxy) is 1. The highest BCUT2D eigenvalue weighted by atomic mass is 32.2. The van der Waals surface area contributed by atoms with Crippen molar-refractivity contribution < 1.29 is 17.7 Å². The molecular weight excluding hydrogens is 316 g/mol. The van der Waals surface area contributed by atoms with Gasteiger partial charge in [-0.1, -0.05) is 6.07 Å². The summed E-state index contributed by atoms with van der Waals surface area (Å²) in [6.07, 6.45) is 1.04. The average Bonchev–Trinajstić information content (AvgIpc) is 3.02. The van der Waals surface area contributed by atoms with Crippen molar-refractivity contribution >= 4 is 32.8 Å². The van der Waals surface area contributed by atoms with E-state index in [2.05, 4.69) is 17.5 Å². The standard InChI is InChI=1S/C13H16O4S3/c14-20(15,16)9-2-1-6-17-10-11-5-8-19-13(11)12-4-3-7-18-12/h3-5,7-8H,1-2,6,9-10H2,(H,14,15,16). The Morgan fingerprint density at radius 3 is 2.70 bits per heavy atom. The van der Waals surface area contributed by atoms with Crippen molar-refractivity contribution in [1.82, 2.24) is 0 Å². The highest BCUT2D eigenvalue weighted by Crippen LogP contribution is 2.33. The Hall–Kier alpha value is -0.730. The Kier molecular flexibility index (Phi) is 5.74. The van der Waals surface area contributed by atoms with Crippen LogP contribution < -0.4 is 0 Å². The van der Waals surface area contributed by atoms with Gasteiger partial charge in [-0.05, 0) is 41.3 Å². The van der Waals surface area contributed by atoms with Crippen LogP contribution >= 0.6 is 22.7 Å². The van der Waals surface area contributed by atoms with Crippen LogP contribution in [0.2, 0.25) is 0 Å². The fourth-order valence-electron chi connectivity index (χ4n) is 1.74. The van der Waals surface area contributed by atoms with Crippen molar-refractivity contribution in [2.45, 2.75) is 19.4 Å². The van der Waals surface area contributed by atoms with Crippen LogP contribution in [0.25, 0.3) is 9.75 Å².